The molecule has 0 aliphatic heterocycles. The van der Waals surface area contributed by atoms with Crippen LogP contribution in [-0.2, 0) is 19.1 Å². The third-order valence-electron chi connectivity index (χ3n) is 2.22. The second-order valence-corrected chi connectivity index (χ2v) is 5.09. The largest absolute Gasteiger partial charge is 0.465 e. The second kappa shape index (κ2) is 9.67. The van der Waals surface area contributed by atoms with E-state index in [0.717, 1.165) is 12.8 Å². The zero-order valence-electron chi connectivity index (χ0n) is 10.7. The predicted octanol–water partition coefficient (Wildman–Crippen LogP) is 2.72. The number of halogens is 1. The number of alkyl halides is 1. The van der Waals surface area contributed by atoms with Gasteiger partial charge in [-0.1, -0.05) is 43.4 Å². The van der Waals surface area contributed by atoms with E-state index in [4.69, 9.17) is 9.47 Å². The van der Waals surface area contributed by atoms with Gasteiger partial charge in [0.05, 0.1) is 19.1 Å². The highest BCUT2D eigenvalue weighted by Crippen LogP contribution is 2.20. The number of hydrogen-bond acceptors (Lipinski definition) is 4. The summed E-state index contributed by atoms with van der Waals surface area (Å²) in [5, 5.41) is 0. The molecular formula is C12H21IO4. The van der Waals surface area contributed by atoms with Gasteiger partial charge in [-0.15, -0.1) is 0 Å². The average molecular weight is 356 g/mol. The van der Waals surface area contributed by atoms with E-state index in [1.165, 1.54) is 0 Å². The Balaban J connectivity index is 4.32. The summed E-state index contributed by atoms with van der Waals surface area (Å²) in [7, 11) is 0. The molecule has 0 spiro atoms. The Bertz CT molecular complexity index is 243. The predicted molar refractivity (Wildman–Crippen MR) is 74.1 cm³/mol. The third kappa shape index (κ3) is 6.24. The van der Waals surface area contributed by atoms with Crippen LogP contribution in [0, 0.1) is 5.92 Å². The number of carbonyl (C=O) groups excluding carboxylic acids is 2. The standard InChI is InChI=1S/C12H21IO4/c1-4-7-16-11(14)9(6-3)10(13)12(15)17-8-5-2/h9-10H,4-8H2,1-3H3. The normalized spacial score (nSPS) is 13.9. The Labute approximate surface area is 117 Å². The second-order valence-electron chi connectivity index (χ2n) is 3.75. The maximum absolute atomic E-state index is 11.7. The minimum absolute atomic E-state index is 0.304. The summed E-state index contributed by atoms with van der Waals surface area (Å²) < 4.78 is 9.64. The molecular weight excluding hydrogens is 335 g/mol. The Hall–Kier alpha value is -0.330. The van der Waals surface area contributed by atoms with Gasteiger partial charge < -0.3 is 9.47 Å². The van der Waals surface area contributed by atoms with Gasteiger partial charge in [0.15, 0.2) is 0 Å². The highest BCUT2D eigenvalue weighted by molar-refractivity contribution is 14.1. The van der Waals surface area contributed by atoms with Gasteiger partial charge in [0, 0.05) is 0 Å². The number of ether oxygens (including phenoxy) is 2. The molecule has 0 radical (unpaired) electrons. The van der Waals surface area contributed by atoms with E-state index in [-0.39, 0.29) is 11.9 Å². The van der Waals surface area contributed by atoms with E-state index in [1.807, 2.05) is 43.4 Å². The highest BCUT2D eigenvalue weighted by Gasteiger charge is 2.32. The molecule has 0 heterocycles. The first-order chi connectivity index (χ1) is 8.08. The van der Waals surface area contributed by atoms with Crippen LogP contribution in [0.25, 0.3) is 0 Å². The van der Waals surface area contributed by atoms with Gasteiger partial charge in [0.2, 0.25) is 0 Å². The zero-order chi connectivity index (χ0) is 13.3. The Morgan fingerprint density at radius 1 is 1.00 bits per heavy atom. The number of rotatable bonds is 8. The van der Waals surface area contributed by atoms with Crippen molar-refractivity contribution in [3.05, 3.63) is 0 Å². The minimum Gasteiger partial charge on any atom is -0.465 e. The van der Waals surface area contributed by atoms with Crippen LogP contribution in [-0.4, -0.2) is 29.1 Å². The van der Waals surface area contributed by atoms with Gasteiger partial charge in [-0.05, 0) is 19.3 Å². The van der Waals surface area contributed by atoms with Crippen molar-refractivity contribution in [2.75, 3.05) is 13.2 Å². The first-order valence-electron chi connectivity index (χ1n) is 6.05. The lowest BCUT2D eigenvalue weighted by molar-refractivity contribution is -0.154. The van der Waals surface area contributed by atoms with Crippen LogP contribution < -0.4 is 0 Å². The molecule has 5 heteroatoms. The summed E-state index contributed by atoms with van der Waals surface area (Å²) in [5.41, 5.74) is 0. The molecule has 0 aromatic rings. The third-order valence-corrected chi connectivity index (χ3v) is 3.59. The number of carbonyl (C=O) groups is 2. The van der Waals surface area contributed by atoms with Crippen molar-refractivity contribution in [1.82, 2.24) is 0 Å². The van der Waals surface area contributed by atoms with Crippen molar-refractivity contribution in [1.29, 1.82) is 0 Å². The monoisotopic (exact) mass is 356 g/mol. The molecule has 100 valence electrons. The molecule has 2 unspecified atom stereocenters. The fourth-order valence-electron chi connectivity index (χ4n) is 1.25. The quantitative estimate of drug-likeness (QED) is 0.381. The van der Waals surface area contributed by atoms with Crippen LogP contribution >= 0.6 is 22.6 Å². The SMILES string of the molecule is CCCOC(=O)C(I)C(CC)C(=O)OCCC. The van der Waals surface area contributed by atoms with Crippen LogP contribution in [0.1, 0.15) is 40.0 Å². The van der Waals surface area contributed by atoms with Crippen LogP contribution in [0.2, 0.25) is 0 Å². The van der Waals surface area contributed by atoms with Gasteiger partial charge in [-0.3, -0.25) is 9.59 Å². The molecule has 0 aliphatic rings. The van der Waals surface area contributed by atoms with E-state index in [9.17, 15) is 9.59 Å². The van der Waals surface area contributed by atoms with Crippen molar-refractivity contribution in [3.63, 3.8) is 0 Å². The van der Waals surface area contributed by atoms with E-state index in [1.54, 1.807) is 0 Å². The molecule has 0 aromatic heterocycles. The van der Waals surface area contributed by atoms with E-state index in [2.05, 4.69) is 0 Å². The van der Waals surface area contributed by atoms with Crippen LogP contribution in [0.15, 0.2) is 0 Å². The van der Waals surface area contributed by atoms with E-state index < -0.39 is 9.84 Å². The van der Waals surface area contributed by atoms with Gasteiger partial charge in [0.25, 0.3) is 0 Å². The molecule has 17 heavy (non-hydrogen) atoms. The maximum atomic E-state index is 11.7. The first-order valence-corrected chi connectivity index (χ1v) is 7.30. The Morgan fingerprint density at radius 2 is 1.47 bits per heavy atom. The fourth-order valence-corrected chi connectivity index (χ4v) is 2.23. The van der Waals surface area contributed by atoms with Crippen molar-refractivity contribution in [2.45, 2.75) is 44.0 Å². The van der Waals surface area contributed by atoms with Crippen molar-refractivity contribution >= 4 is 34.5 Å². The average Bonchev–Trinajstić information content (AvgIpc) is 2.33. The lowest BCUT2D eigenvalue weighted by Gasteiger charge is -2.18. The summed E-state index contributed by atoms with van der Waals surface area (Å²) in [4.78, 5) is 23.4. The molecule has 0 bridgehead atoms. The molecule has 0 saturated carbocycles. The number of hydrogen-bond donors (Lipinski definition) is 0. The maximum Gasteiger partial charge on any atom is 0.319 e. The van der Waals surface area contributed by atoms with Gasteiger partial charge in [0.1, 0.15) is 3.92 Å². The van der Waals surface area contributed by atoms with Gasteiger partial charge >= 0.3 is 11.9 Å². The van der Waals surface area contributed by atoms with Gasteiger partial charge in [-0.25, -0.2) is 0 Å². The molecule has 0 rings (SSSR count). The van der Waals surface area contributed by atoms with Crippen molar-refractivity contribution in [2.24, 2.45) is 5.92 Å². The number of esters is 2. The Kier molecular flexibility index (Phi) is 9.49. The minimum atomic E-state index is -0.464. The lowest BCUT2D eigenvalue weighted by Crippen LogP contribution is -2.32. The van der Waals surface area contributed by atoms with Crippen LogP contribution in [0.5, 0.6) is 0 Å². The molecule has 2 atom stereocenters. The fraction of sp³-hybridized carbons (Fsp3) is 0.833. The summed E-state index contributed by atoms with van der Waals surface area (Å²) in [5.74, 6) is -1.04. The summed E-state index contributed by atoms with van der Waals surface area (Å²) in [6.45, 7) is 6.55. The zero-order valence-corrected chi connectivity index (χ0v) is 12.9. The molecule has 0 aromatic carbocycles. The molecule has 4 nitrogen and oxygen atoms in total. The Morgan fingerprint density at radius 3 is 1.88 bits per heavy atom. The molecule has 0 saturated heterocycles. The molecule has 0 amide bonds. The van der Waals surface area contributed by atoms with Crippen molar-refractivity contribution in [3.8, 4) is 0 Å². The highest BCUT2D eigenvalue weighted by atomic mass is 127. The smallest absolute Gasteiger partial charge is 0.319 e. The summed E-state index contributed by atoms with van der Waals surface area (Å²) in [6, 6.07) is 0. The van der Waals surface area contributed by atoms with Crippen LogP contribution in [0.3, 0.4) is 0 Å². The molecule has 0 aliphatic carbocycles. The van der Waals surface area contributed by atoms with Crippen molar-refractivity contribution < 1.29 is 19.1 Å². The summed E-state index contributed by atoms with van der Waals surface area (Å²) in [6.07, 6.45) is 2.15. The summed E-state index contributed by atoms with van der Waals surface area (Å²) >= 11 is 1.96. The topological polar surface area (TPSA) is 52.6 Å². The first kappa shape index (κ1) is 16.7. The van der Waals surface area contributed by atoms with Gasteiger partial charge in [-0.2, -0.15) is 0 Å². The molecule has 0 fully saturated rings. The lowest BCUT2D eigenvalue weighted by atomic mass is 10.0. The van der Waals surface area contributed by atoms with E-state index in [0.29, 0.717) is 19.6 Å². The van der Waals surface area contributed by atoms with Crippen LogP contribution in [0.4, 0.5) is 0 Å². The van der Waals surface area contributed by atoms with E-state index >= 15 is 0 Å². The molecule has 0 N–H and O–H groups in total.